The van der Waals surface area contributed by atoms with Crippen LogP contribution < -0.4 is 9.46 Å². The number of ether oxygens (including phenoxy) is 1. The molecule has 1 aromatic carbocycles. The molecule has 0 bridgehead atoms. The van der Waals surface area contributed by atoms with Crippen LogP contribution in [-0.4, -0.2) is 47.4 Å². The minimum absolute atomic E-state index is 0.0319. The van der Waals surface area contributed by atoms with Crippen molar-refractivity contribution in [1.82, 2.24) is 19.3 Å². The zero-order chi connectivity index (χ0) is 19.7. The summed E-state index contributed by atoms with van der Waals surface area (Å²) in [6.07, 6.45) is 4.50. The van der Waals surface area contributed by atoms with E-state index in [0.29, 0.717) is 22.8 Å². The van der Waals surface area contributed by atoms with Gasteiger partial charge in [0, 0.05) is 11.6 Å². The fourth-order valence-electron chi connectivity index (χ4n) is 3.39. The maximum atomic E-state index is 12.1. The average molecular weight is 402 g/mol. The number of aliphatic hydroxyl groups excluding tert-OH is 1. The predicted molar refractivity (Wildman–Crippen MR) is 104 cm³/mol. The zero-order valence-corrected chi connectivity index (χ0v) is 16.3. The number of sulfonamides is 1. The number of nitrogens with zero attached hydrogens (tertiary/aromatic N) is 3. The van der Waals surface area contributed by atoms with E-state index < -0.39 is 10.0 Å². The maximum absolute atomic E-state index is 12.1. The molecule has 1 saturated carbocycles. The fourth-order valence-corrected chi connectivity index (χ4v) is 4.17. The number of hydrogen-bond donors (Lipinski definition) is 2. The van der Waals surface area contributed by atoms with Crippen molar-refractivity contribution in [3.05, 3.63) is 42.6 Å². The lowest BCUT2D eigenvalue weighted by atomic mass is 9.95. The van der Waals surface area contributed by atoms with Crippen molar-refractivity contribution >= 4 is 15.7 Å². The molecule has 0 unspecified atom stereocenters. The maximum Gasteiger partial charge on any atom is 0.240 e. The predicted octanol–water partition coefficient (Wildman–Crippen LogP) is 1.99. The Morgan fingerprint density at radius 3 is 2.71 bits per heavy atom. The summed E-state index contributed by atoms with van der Waals surface area (Å²) in [6.45, 7) is 0. The van der Waals surface area contributed by atoms with E-state index in [0.717, 1.165) is 25.7 Å². The molecule has 8 nitrogen and oxygen atoms in total. The van der Waals surface area contributed by atoms with Crippen LogP contribution in [0, 0.1) is 0 Å². The largest absolute Gasteiger partial charge is 0.473 e. The molecule has 148 valence electrons. The van der Waals surface area contributed by atoms with Crippen molar-refractivity contribution in [1.29, 1.82) is 0 Å². The molecule has 1 aliphatic rings. The molecule has 0 spiro atoms. The molecular weight excluding hydrogens is 380 g/mol. The number of fused-ring (bicyclic) bond motifs is 1. The smallest absolute Gasteiger partial charge is 0.240 e. The highest BCUT2D eigenvalue weighted by Gasteiger charge is 2.21. The van der Waals surface area contributed by atoms with E-state index in [-0.39, 0.29) is 17.1 Å². The third-order valence-corrected chi connectivity index (χ3v) is 6.39. The van der Waals surface area contributed by atoms with Crippen LogP contribution in [0.25, 0.3) is 16.9 Å². The van der Waals surface area contributed by atoms with E-state index in [1.54, 1.807) is 28.9 Å². The highest BCUT2D eigenvalue weighted by Crippen LogP contribution is 2.26. The van der Waals surface area contributed by atoms with Gasteiger partial charge in [-0.3, -0.25) is 0 Å². The van der Waals surface area contributed by atoms with Crippen LogP contribution in [0.4, 0.5) is 0 Å². The van der Waals surface area contributed by atoms with Gasteiger partial charge in [-0.15, -0.1) is 5.10 Å². The van der Waals surface area contributed by atoms with E-state index in [2.05, 4.69) is 14.8 Å². The van der Waals surface area contributed by atoms with Crippen molar-refractivity contribution in [3.63, 3.8) is 0 Å². The van der Waals surface area contributed by atoms with E-state index in [1.165, 1.54) is 13.1 Å². The number of rotatable bonds is 5. The number of hydrogen-bond acceptors (Lipinski definition) is 6. The third kappa shape index (κ3) is 3.73. The van der Waals surface area contributed by atoms with E-state index >= 15 is 0 Å². The van der Waals surface area contributed by atoms with Crippen LogP contribution in [0.15, 0.2) is 47.5 Å². The summed E-state index contributed by atoms with van der Waals surface area (Å²) in [5.41, 5.74) is 2.00. The van der Waals surface area contributed by atoms with Crippen molar-refractivity contribution in [2.24, 2.45) is 0 Å². The van der Waals surface area contributed by atoms with Crippen molar-refractivity contribution in [2.45, 2.75) is 42.8 Å². The fraction of sp³-hybridized carbons (Fsp3) is 0.368. The number of imidazole rings is 1. The Hall–Kier alpha value is -2.49. The standard InChI is InChI=1S/C19H22N4O4S/c1-20-28(25,26)16-4-2-3-13(11-16)17-12-21-18-9-10-19(22-23(17)18)27-15-7-5-14(24)6-8-15/h2-4,9-12,14-15,20,24H,5-8H2,1H3. The van der Waals surface area contributed by atoms with Crippen LogP contribution >= 0.6 is 0 Å². The van der Waals surface area contributed by atoms with Gasteiger partial charge in [0.05, 0.1) is 22.9 Å². The summed E-state index contributed by atoms with van der Waals surface area (Å²) >= 11 is 0. The van der Waals surface area contributed by atoms with Gasteiger partial charge in [0.25, 0.3) is 0 Å². The average Bonchev–Trinajstić information content (AvgIpc) is 3.13. The molecule has 2 heterocycles. The first kappa shape index (κ1) is 18.9. The first-order chi connectivity index (χ1) is 13.5. The molecule has 0 amide bonds. The minimum atomic E-state index is -3.54. The Morgan fingerprint density at radius 1 is 1.18 bits per heavy atom. The summed E-state index contributed by atoms with van der Waals surface area (Å²) in [7, 11) is -2.16. The molecule has 0 saturated heterocycles. The highest BCUT2D eigenvalue weighted by molar-refractivity contribution is 7.89. The first-order valence-corrected chi connectivity index (χ1v) is 10.7. The van der Waals surface area contributed by atoms with Crippen molar-refractivity contribution < 1.29 is 18.3 Å². The Morgan fingerprint density at radius 2 is 1.96 bits per heavy atom. The molecule has 1 aliphatic carbocycles. The molecule has 2 aromatic heterocycles. The lowest BCUT2D eigenvalue weighted by molar-refractivity contribution is 0.0637. The molecule has 0 aliphatic heterocycles. The van der Waals surface area contributed by atoms with Crippen LogP contribution in [-0.2, 0) is 10.0 Å². The third-order valence-electron chi connectivity index (χ3n) is 4.98. The second-order valence-electron chi connectivity index (χ2n) is 6.87. The summed E-state index contributed by atoms with van der Waals surface area (Å²) in [5.74, 6) is 0.479. The van der Waals surface area contributed by atoms with Crippen LogP contribution in [0.5, 0.6) is 5.88 Å². The molecule has 0 atom stereocenters. The van der Waals surface area contributed by atoms with E-state index in [4.69, 9.17) is 4.74 Å². The van der Waals surface area contributed by atoms with Crippen molar-refractivity contribution in [2.75, 3.05) is 7.05 Å². The number of aliphatic hydroxyl groups is 1. The van der Waals surface area contributed by atoms with Crippen LogP contribution in [0.2, 0.25) is 0 Å². The summed E-state index contributed by atoms with van der Waals surface area (Å²) < 4.78 is 34.2. The summed E-state index contributed by atoms with van der Waals surface area (Å²) in [4.78, 5) is 4.53. The van der Waals surface area contributed by atoms with Gasteiger partial charge in [0.15, 0.2) is 5.65 Å². The van der Waals surface area contributed by atoms with E-state index in [1.807, 2.05) is 12.1 Å². The Labute approximate surface area is 163 Å². The van der Waals surface area contributed by atoms with Gasteiger partial charge >= 0.3 is 0 Å². The van der Waals surface area contributed by atoms with Gasteiger partial charge in [-0.1, -0.05) is 12.1 Å². The topological polar surface area (TPSA) is 106 Å². The quantitative estimate of drug-likeness (QED) is 0.676. The molecule has 4 rings (SSSR count). The number of nitrogens with one attached hydrogen (secondary N) is 1. The highest BCUT2D eigenvalue weighted by atomic mass is 32.2. The van der Waals surface area contributed by atoms with Crippen molar-refractivity contribution in [3.8, 4) is 17.1 Å². The van der Waals surface area contributed by atoms with Crippen LogP contribution in [0.1, 0.15) is 25.7 Å². The zero-order valence-electron chi connectivity index (χ0n) is 15.4. The monoisotopic (exact) mass is 402 g/mol. The SMILES string of the molecule is CNS(=O)(=O)c1cccc(-c2cnc3ccc(OC4CCC(O)CC4)nn23)c1. The molecular formula is C19H22N4O4S. The van der Waals surface area contributed by atoms with Gasteiger partial charge in [-0.25, -0.2) is 22.6 Å². The molecule has 2 N–H and O–H groups in total. The summed E-state index contributed by atoms with van der Waals surface area (Å²) in [5, 5.41) is 14.2. The second-order valence-corrected chi connectivity index (χ2v) is 8.76. The van der Waals surface area contributed by atoms with Gasteiger partial charge in [0.1, 0.15) is 6.10 Å². The number of benzene rings is 1. The van der Waals surface area contributed by atoms with Gasteiger partial charge in [-0.2, -0.15) is 0 Å². The lowest BCUT2D eigenvalue weighted by Crippen LogP contribution is -2.26. The van der Waals surface area contributed by atoms with E-state index in [9.17, 15) is 13.5 Å². The first-order valence-electron chi connectivity index (χ1n) is 9.20. The molecule has 9 heteroatoms. The molecule has 28 heavy (non-hydrogen) atoms. The Bertz CT molecular complexity index is 1090. The minimum Gasteiger partial charge on any atom is -0.473 e. The lowest BCUT2D eigenvalue weighted by Gasteiger charge is -2.25. The Balaban J connectivity index is 1.66. The summed E-state index contributed by atoms with van der Waals surface area (Å²) in [6, 6.07) is 10.2. The Kier molecular flexibility index (Phi) is 5.05. The normalized spacial score (nSPS) is 20.4. The van der Waals surface area contributed by atoms with Gasteiger partial charge in [-0.05, 0) is 50.9 Å². The van der Waals surface area contributed by atoms with Gasteiger partial charge < -0.3 is 9.84 Å². The number of aromatic nitrogens is 3. The molecule has 1 fully saturated rings. The second kappa shape index (κ2) is 7.50. The van der Waals surface area contributed by atoms with Gasteiger partial charge in [0.2, 0.25) is 15.9 Å². The van der Waals surface area contributed by atoms with Crippen LogP contribution in [0.3, 0.4) is 0 Å². The molecule has 3 aromatic rings. The molecule has 0 radical (unpaired) electrons.